The molecule has 1 amide bonds. The van der Waals surface area contributed by atoms with E-state index >= 15 is 0 Å². The number of carbonyl (C=O) groups excluding carboxylic acids is 1. The van der Waals surface area contributed by atoms with E-state index in [-0.39, 0.29) is 17.9 Å². The summed E-state index contributed by atoms with van der Waals surface area (Å²) in [4.78, 5) is 21.9. The topological polar surface area (TPSA) is 73.6 Å². The second-order valence-electron chi connectivity index (χ2n) is 6.60. The molecule has 10 heteroatoms. The highest BCUT2D eigenvalue weighted by Gasteiger charge is 2.29. The van der Waals surface area contributed by atoms with Gasteiger partial charge in [-0.1, -0.05) is 12.1 Å². The van der Waals surface area contributed by atoms with E-state index in [0.717, 1.165) is 24.3 Å². The smallest absolute Gasteiger partial charge is 0.359 e. The molecule has 0 saturated heterocycles. The molecule has 4 aromatic rings. The van der Waals surface area contributed by atoms with E-state index in [0.29, 0.717) is 22.2 Å². The molecule has 0 unspecified atom stereocenters. The molecular formula is C20H13F5N4O. The minimum Gasteiger partial charge on any atom is -0.359 e. The highest BCUT2D eigenvalue weighted by molar-refractivity contribution is 6.07. The van der Waals surface area contributed by atoms with Crippen LogP contribution < -0.4 is 5.32 Å². The van der Waals surface area contributed by atoms with Crippen LogP contribution in [0.2, 0.25) is 0 Å². The molecule has 0 aliphatic carbocycles. The van der Waals surface area contributed by atoms with Crippen molar-refractivity contribution in [2.24, 2.45) is 0 Å². The number of rotatable bonds is 4. The Labute approximate surface area is 165 Å². The molecule has 30 heavy (non-hydrogen) atoms. The molecule has 0 aliphatic heterocycles. The SMILES string of the molecule is O=C(Nc1c[nH]c2cc(F)c(F)cc12)c1ncc(Cc2ccc(C(F)(F)F)cc2)[nH]1. The molecule has 154 valence electrons. The minimum atomic E-state index is -4.41. The van der Waals surface area contributed by atoms with Crippen LogP contribution in [-0.4, -0.2) is 20.9 Å². The first-order chi connectivity index (χ1) is 14.2. The summed E-state index contributed by atoms with van der Waals surface area (Å²) in [5.74, 6) is -2.70. The Morgan fingerprint density at radius 3 is 2.47 bits per heavy atom. The first-order valence-electron chi connectivity index (χ1n) is 8.68. The van der Waals surface area contributed by atoms with Crippen molar-refractivity contribution in [3.8, 4) is 0 Å². The van der Waals surface area contributed by atoms with E-state index < -0.39 is 29.3 Å². The van der Waals surface area contributed by atoms with Crippen molar-refractivity contribution in [1.82, 2.24) is 15.0 Å². The number of H-pyrrole nitrogens is 2. The molecule has 0 saturated carbocycles. The largest absolute Gasteiger partial charge is 0.416 e. The Morgan fingerprint density at radius 1 is 1.07 bits per heavy atom. The standard InChI is InChI=1S/C20H13F5N4O/c21-14-6-13-16(7-15(14)22)26-9-17(13)29-19(30)18-27-8-12(28-18)5-10-1-3-11(4-2-10)20(23,24)25/h1-4,6-9,26H,5H2,(H,27,28)(H,29,30). The van der Waals surface area contributed by atoms with E-state index in [2.05, 4.69) is 20.3 Å². The van der Waals surface area contributed by atoms with Crippen LogP contribution in [0.1, 0.15) is 27.4 Å². The summed E-state index contributed by atoms with van der Waals surface area (Å²) in [5.41, 5.74) is 0.937. The molecule has 0 atom stereocenters. The summed E-state index contributed by atoms with van der Waals surface area (Å²) < 4.78 is 64.7. The lowest BCUT2D eigenvalue weighted by atomic mass is 10.1. The molecule has 0 aliphatic rings. The van der Waals surface area contributed by atoms with Gasteiger partial charge in [-0.25, -0.2) is 13.8 Å². The lowest BCUT2D eigenvalue weighted by Crippen LogP contribution is -2.13. The first-order valence-corrected chi connectivity index (χ1v) is 8.68. The maximum Gasteiger partial charge on any atom is 0.416 e. The van der Waals surface area contributed by atoms with Gasteiger partial charge < -0.3 is 15.3 Å². The third-order valence-corrected chi connectivity index (χ3v) is 4.49. The molecule has 0 fully saturated rings. The molecule has 0 radical (unpaired) electrons. The van der Waals surface area contributed by atoms with Crippen LogP contribution in [0.25, 0.3) is 10.9 Å². The van der Waals surface area contributed by atoms with Gasteiger partial charge in [0.1, 0.15) is 0 Å². The van der Waals surface area contributed by atoms with E-state index in [1.807, 2.05) is 0 Å². The molecule has 2 aromatic heterocycles. The average Bonchev–Trinajstić information content (AvgIpc) is 3.30. The number of fused-ring (bicyclic) bond motifs is 1. The van der Waals surface area contributed by atoms with Gasteiger partial charge in [-0.3, -0.25) is 4.79 Å². The molecule has 0 spiro atoms. The van der Waals surface area contributed by atoms with Crippen LogP contribution in [0, 0.1) is 11.6 Å². The zero-order chi connectivity index (χ0) is 21.5. The van der Waals surface area contributed by atoms with Crippen LogP contribution >= 0.6 is 0 Å². The molecule has 5 nitrogen and oxygen atoms in total. The quantitative estimate of drug-likeness (QED) is 0.405. The Kier molecular flexibility index (Phi) is 4.76. The molecule has 3 N–H and O–H groups in total. The molecular weight excluding hydrogens is 407 g/mol. The monoisotopic (exact) mass is 420 g/mol. The third kappa shape index (κ3) is 3.88. The number of benzene rings is 2. The summed E-state index contributed by atoms with van der Waals surface area (Å²) >= 11 is 0. The van der Waals surface area contributed by atoms with E-state index in [9.17, 15) is 26.7 Å². The number of aromatic nitrogens is 3. The van der Waals surface area contributed by atoms with Gasteiger partial charge in [0, 0.05) is 36.0 Å². The highest BCUT2D eigenvalue weighted by atomic mass is 19.4. The van der Waals surface area contributed by atoms with Gasteiger partial charge in [0.15, 0.2) is 17.5 Å². The maximum absolute atomic E-state index is 13.5. The number of imidazole rings is 1. The van der Waals surface area contributed by atoms with Gasteiger partial charge in [-0.2, -0.15) is 13.2 Å². The Morgan fingerprint density at radius 2 is 1.77 bits per heavy atom. The van der Waals surface area contributed by atoms with E-state index in [1.54, 1.807) is 0 Å². The summed E-state index contributed by atoms with van der Waals surface area (Å²) in [6.07, 6.45) is -1.37. The predicted molar refractivity (Wildman–Crippen MR) is 99.0 cm³/mol. The second kappa shape index (κ2) is 7.29. The van der Waals surface area contributed by atoms with Crippen LogP contribution in [0.5, 0.6) is 0 Å². The van der Waals surface area contributed by atoms with E-state index in [1.165, 1.54) is 24.5 Å². The lowest BCUT2D eigenvalue weighted by Gasteiger charge is -2.07. The van der Waals surface area contributed by atoms with E-state index in [4.69, 9.17) is 0 Å². The summed E-state index contributed by atoms with van der Waals surface area (Å²) in [5, 5.41) is 2.84. The zero-order valence-electron chi connectivity index (χ0n) is 15.1. The number of halogens is 5. The van der Waals surface area contributed by atoms with Crippen LogP contribution in [-0.2, 0) is 12.6 Å². The minimum absolute atomic E-state index is 0.0335. The number of nitrogens with one attached hydrogen (secondary N) is 3. The van der Waals surface area contributed by atoms with Crippen molar-refractivity contribution in [2.75, 3.05) is 5.32 Å². The fourth-order valence-corrected chi connectivity index (χ4v) is 3.00. The fourth-order valence-electron chi connectivity index (χ4n) is 3.00. The van der Waals surface area contributed by atoms with Crippen LogP contribution in [0.4, 0.5) is 27.6 Å². The number of anilines is 1. The highest BCUT2D eigenvalue weighted by Crippen LogP contribution is 2.29. The first kappa shape index (κ1) is 19.6. The number of alkyl halides is 3. The van der Waals surface area contributed by atoms with Crippen molar-refractivity contribution < 1.29 is 26.7 Å². The second-order valence-corrected chi connectivity index (χ2v) is 6.60. The lowest BCUT2D eigenvalue weighted by molar-refractivity contribution is -0.137. The van der Waals surface area contributed by atoms with Gasteiger partial charge in [0.05, 0.1) is 16.8 Å². The van der Waals surface area contributed by atoms with Crippen molar-refractivity contribution in [3.05, 3.63) is 83.1 Å². The predicted octanol–water partition coefficient (Wildman–Crippen LogP) is 5.03. The third-order valence-electron chi connectivity index (χ3n) is 4.49. The molecule has 0 bridgehead atoms. The summed E-state index contributed by atoms with van der Waals surface area (Å²) in [6.45, 7) is 0. The number of amides is 1. The Balaban J connectivity index is 1.47. The number of nitrogens with zero attached hydrogens (tertiary/aromatic N) is 1. The van der Waals surface area contributed by atoms with Crippen molar-refractivity contribution in [3.63, 3.8) is 0 Å². The Hall–Kier alpha value is -3.69. The number of hydrogen-bond acceptors (Lipinski definition) is 2. The van der Waals surface area contributed by atoms with Crippen LogP contribution in [0.15, 0.2) is 48.8 Å². The van der Waals surface area contributed by atoms with Crippen LogP contribution in [0.3, 0.4) is 0 Å². The fraction of sp³-hybridized carbons (Fsp3) is 0.100. The normalized spacial score (nSPS) is 11.8. The zero-order valence-corrected chi connectivity index (χ0v) is 15.1. The molecule has 2 heterocycles. The molecule has 2 aromatic carbocycles. The van der Waals surface area contributed by atoms with Gasteiger partial charge in [-0.15, -0.1) is 0 Å². The van der Waals surface area contributed by atoms with Crippen molar-refractivity contribution in [2.45, 2.75) is 12.6 Å². The maximum atomic E-state index is 13.5. The Bertz CT molecular complexity index is 1220. The summed E-state index contributed by atoms with van der Waals surface area (Å²) in [6, 6.07) is 6.62. The average molecular weight is 420 g/mol. The number of hydrogen-bond donors (Lipinski definition) is 3. The molecule has 4 rings (SSSR count). The van der Waals surface area contributed by atoms with Gasteiger partial charge in [-0.05, 0) is 23.8 Å². The van der Waals surface area contributed by atoms with Gasteiger partial charge >= 0.3 is 6.18 Å². The van der Waals surface area contributed by atoms with Crippen molar-refractivity contribution in [1.29, 1.82) is 0 Å². The van der Waals surface area contributed by atoms with Crippen molar-refractivity contribution >= 4 is 22.5 Å². The van der Waals surface area contributed by atoms with Gasteiger partial charge in [0.2, 0.25) is 0 Å². The number of carbonyl (C=O) groups is 1. The summed E-state index contributed by atoms with van der Waals surface area (Å²) in [7, 11) is 0. The van der Waals surface area contributed by atoms with Gasteiger partial charge in [0.25, 0.3) is 5.91 Å². The number of aromatic amines is 2.